The van der Waals surface area contributed by atoms with Crippen LogP contribution in [-0.4, -0.2) is 51.1 Å². The third-order valence-corrected chi connectivity index (χ3v) is 6.41. The van der Waals surface area contributed by atoms with Crippen LogP contribution in [0.4, 0.5) is 0 Å². The zero-order chi connectivity index (χ0) is 20.0. The van der Waals surface area contributed by atoms with E-state index in [0.717, 1.165) is 37.7 Å². The average Bonchev–Trinajstić information content (AvgIpc) is 3.08. The second-order valence-electron chi connectivity index (χ2n) is 8.19. The zero-order valence-electron chi connectivity index (χ0n) is 16.3. The number of rotatable bonds is 4. The number of nitrogens with one attached hydrogen (secondary N) is 1. The standard InChI is InChI=1S/C21H23N5O3/c1-25-13-15(10-24-25)20(28)26-6-3-21(4-7-26)9-16(21)11-23-19(27)17-8-14-2-5-22-12-18(14)29-17/h2,5,8,10,12-13,16H,3-4,6-7,9,11H2,1H3,(H,23,27). The lowest BCUT2D eigenvalue weighted by Gasteiger charge is -2.32. The topological polar surface area (TPSA) is 93.3 Å². The van der Waals surface area contributed by atoms with E-state index in [1.54, 1.807) is 35.5 Å². The van der Waals surface area contributed by atoms with E-state index >= 15 is 0 Å². The first-order chi connectivity index (χ1) is 14.0. The summed E-state index contributed by atoms with van der Waals surface area (Å²) < 4.78 is 7.23. The lowest BCUT2D eigenvalue weighted by Crippen LogP contribution is -2.40. The Hall–Kier alpha value is -3.16. The van der Waals surface area contributed by atoms with Gasteiger partial charge in [0.05, 0.1) is 18.0 Å². The highest BCUT2D eigenvalue weighted by Gasteiger charge is 2.54. The molecule has 1 unspecified atom stereocenters. The maximum atomic E-state index is 12.6. The largest absolute Gasteiger partial charge is 0.449 e. The van der Waals surface area contributed by atoms with Crippen LogP contribution in [0.1, 0.15) is 40.2 Å². The van der Waals surface area contributed by atoms with Crippen molar-refractivity contribution in [2.45, 2.75) is 19.3 Å². The van der Waals surface area contributed by atoms with Crippen molar-refractivity contribution in [3.8, 4) is 0 Å². The number of carbonyl (C=O) groups excluding carboxylic acids is 2. The first-order valence-electron chi connectivity index (χ1n) is 9.94. The van der Waals surface area contributed by atoms with E-state index in [2.05, 4.69) is 15.4 Å². The lowest BCUT2D eigenvalue weighted by molar-refractivity contribution is 0.0668. The van der Waals surface area contributed by atoms with Crippen LogP contribution < -0.4 is 5.32 Å². The summed E-state index contributed by atoms with van der Waals surface area (Å²) in [5.74, 6) is 0.651. The molecule has 1 spiro atoms. The molecule has 0 bridgehead atoms. The number of nitrogens with zero attached hydrogens (tertiary/aromatic N) is 4. The Morgan fingerprint density at radius 1 is 1.31 bits per heavy atom. The third-order valence-electron chi connectivity index (χ3n) is 6.41. The zero-order valence-corrected chi connectivity index (χ0v) is 16.3. The fourth-order valence-corrected chi connectivity index (χ4v) is 4.50. The molecule has 1 saturated heterocycles. The van der Waals surface area contributed by atoms with Crippen molar-refractivity contribution in [2.75, 3.05) is 19.6 Å². The smallest absolute Gasteiger partial charge is 0.287 e. The fourth-order valence-electron chi connectivity index (χ4n) is 4.50. The van der Waals surface area contributed by atoms with Gasteiger partial charge in [0, 0.05) is 44.5 Å². The number of aryl methyl sites for hydroxylation is 1. The molecular formula is C21H23N5O3. The number of piperidine rings is 1. The van der Waals surface area contributed by atoms with Crippen LogP contribution in [-0.2, 0) is 7.05 Å². The van der Waals surface area contributed by atoms with Crippen LogP contribution in [0.3, 0.4) is 0 Å². The van der Waals surface area contributed by atoms with Crippen LogP contribution in [0.2, 0.25) is 0 Å². The molecule has 2 fully saturated rings. The van der Waals surface area contributed by atoms with E-state index in [4.69, 9.17) is 4.42 Å². The highest BCUT2D eigenvalue weighted by molar-refractivity contribution is 5.96. The molecule has 8 nitrogen and oxygen atoms in total. The summed E-state index contributed by atoms with van der Waals surface area (Å²) in [6.45, 7) is 2.16. The van der Waals surface area contributed by atoms with Gasteiger partial charge < -0.3 is 14.6 Å². The predicted octanol–water partition coefficient (Wildman–Crippen LogP) is 2.23. The molecule has 1 saturated carbocycles. The van der Waals surface area contributed by atoms with Crippen molar-refractivity contribution in [1.29, 1.82) is 0 Å². The predicted molar refractivity (Wildman–Crippen MR) is 105 cm³/mol. The van der Waals surface area contributed by atoms with Gasteiger partial charge in [-0.2, -0.15) is 5.10 Å². The summed E-state index contributed by atoms with van der Waals surface area (Å²) in [4.78, 5) is 30.9. The quantitative estimate of drug-likeness (QED) is 0.734. The second-order valence-corrected chi connectivity index (χ2v) is 8.19. The maximum absolute atomic E-state index is 12.6. The van der Waals surface area contributed by atoms with E-state index in [0.29, 0.717) is 29.4 Å². The van der Waals surface area contributed by atoms with Crippen molar-refractivity contribution in [1.82, 2.24) is 25.0 Å². The van der Waals surface area contributed by atoms with E-state index in [9.17, 15) is 9.59 Å². The minimum Gasteiger partial charge on any atom is -0.449 e. The van der Waals surface area contributed by atoms with E-state index < -0.39 is 0 Å². The molecule has 4 heterocycles. The average molecular weight is 393 g/mol. The maximum Gasteiger partial charge on any atom is 0.287 e. The molecule has 1 aliphatic carbocycles. The summed E-state index contributed by atoms with van der Waals surface area (Å²) in [5, 5.41) is 7.97. The van der Waals surface area contributed by atoms with E-state index in [1.807, 2.05) is 18.0 Å². The third kappa shape index (κ3) is 3.28. The van der Waals surface area contributed by atoms with Crippen molar-refractivity contribution < 1.29 is 14.0 Å². The molecule has 1 aliphatic heterocycles. The molecule has 150 valence electrons. The van der Waals surface area contributed by atoms with Crippen LogP contribution in [0.15, 0.2) is 41.3 Å². The number of hydrogen-bond acceptors (Lipinski definition) is 5. The van der Waals surface area contributed by atoms with Gasteiger partial charge in [-0.15, -0.1) is 0 Å². The van der Waals surface area contributed by atoms with Gasteiger partial charge in [0.25, 0.3) is 11.8 Å². The molecule has 8 heteroatoms. The Morgan fingerprint density at radius 2 is 2.14 bits per heavy atom. The number of pyridine rings is 1. The van der Waals surface area contributed by atoms with Crippen LogP contribution in [0, 0.1) is 11.3 Å². The molecule has 3 aromatic rings. The van der Waals surface area contributed by atoms with Crippen molar-refractivity contribution >= 4 is 22.8 Å². The van der Waals surface area contributed by atoms with E-state index in [1.165, 1.54) is 0 Å². The summed E-state index contributed by atoms with van der Waals surface area (Å²) in [7, 11) is 1.81. The number of carbonyl (C=O) groups is 2. The van der Waals surface area contributed by atoms with Crippen molar-refractivity contribution in [3.63, 3.8) is 0 Å². The first kappa shape index (κ1) is 17.9. The number of aromatic nitrogens is 3. The van der Waals surface area contributed by atoms with Gasteiger partial charge in [-0.3, -0.25) is 19.3 Å². The van der Waals surface area contributed by atoms with Gasteiger partial charge in [0.15, 0.2) is 11.3 Å². The Morgan fingerprint density at radius 3 is 2.86 bits per heavy atom. The Labute approximate surface area is 167 Å². The number of furan rings is 1. The van der Waals surface area contributed by atoms with Crippen LogP contribution >= 0.6 is 0 Å². The molecular weight excluding hydrogens is 370 g/mol. The number of hydrogen-bond donors (Lipinski definition) is 1. The minimum absolute atomic E-state index is 0.0535. The molecule has 3 aromatic heterocycles. The number of amides is 2. The van der Waals surface area contributed by atoms with Crippen molar-refractivity contribution in [2.24, 2.45) is 18.4 Å². The fraction of sp³-hybridized carbons (Fsp3) is 0.429. The summed E-state index contributed by atoms with van der Waals surface area (Å²) >= 11 is 0. The summed E-state index contributed by atoms with van der Waals surface area (Å²) in [6.07, 6.45) is 9.74. The first-order valence-corrected chi connectivity index (χ1v) is 9.94. The van der Waals surface area contributed by atoms with Crippen LogP contribution in [0.25, 0.3) is 11.0 Å². The lowest BCUT2D eigenvalue weighted by atomic mass is 9.90. The molecule has 2 aliphatic rings. The molecule has 0 radical (unpaired) electrons. The number of fused-ring (bicyclic) bond motifs is 1. The van der Waals surface area contributed by atoms with Gasteiger partial charge >= 0.3 is 0 Å². The van der Waals surface area contributed by atoms with Crippen molar-refractivity contribution in [3.05, 3.63) is 48.2 Å². The molecule has 1 atom stereocenters. The summed E-state index contributed by atoms with van der Waals surface area (Å²) in [5.41, 5.74) is 1.52. The second kappa shape index (κ2) is 6.72. The molecule has 0 aromatic carbocycles. The van der Waals surface area contributed by atoms with Gasteiger partial charge in [0.2, 0.25) is 0 Å². The summed E-state index contributed by atoms with van der Waals surface area (Å²) in [6, 6.07) is 3.57. The van der Waals surface area contributed by atoms with Gasteiger partial charge in [-0.25, -0.2) is 0 Å². The monoisotopic (exact) mass is 393 g/mol. The van der Waals surface area contributed by atoms with Crippen LogP contribution in [0.5, 0.6) is 0 Å². The molecule has 2 amide bonds. The molecule has 1 N–H and O–H groups in total. The van der Waals surface area contributed by atoms with Gasteiger partial charge in [-0.1, -0.05) is 0 Å². The highest BCUT2D eigenvalue weighted by atomic mass is 16.3. The molecule has 29 heavy (non-hydrogen) atoms. The normalized spacial score (nSPS) is 20.2. The Kier molecular flexibility index (Phi) is 4.15. The highest BCUT2D eigenvalue weighted by Crippen LogP contribution is 2.59. The minimum atomic E-state index is -0.188. The Balaban J connectivity index is 1.13. The molecule has 5 rings (SSSR count). The van der Waals surface area contributed by atoms with Gasteiger partial charge in [-0.05, 0) is 42.7 Å². The van der Waals surface area contributed by atoms with Gasteiger partial charge in [0.1, 0.15) is 0 Å². The number of likely N-dealkylation sites (tertiary alicyclic amines) is 1. The SMILES string of the molecule is Cn1cc(C(=O)N2CCC3(CC2)CC3CNC(=O)c2cc3ccncc3o2)cn1. The van der Waals surface area contributed by atoms with E-state index in [-0.39, 0.29) is 17.2 Å². The Bertz CT molecular complexity index is 1040.